The molecule has 2 rings (SSSR count). The van der Waals surface area contributed by atoms with E-state index in [-0.39, 0.29) is 4.90 Å². The van der Waals surface area contributed by atoms with E-state index in [0.717, 1.165) is 23.4 Å². The highest BCUT2D eigenvalue weighted by molar-refractivity contribution is 7.98. The molecule has 0 spiro atoms. The average Bonchev–Trinajstić information content (AvgIpc) is 2.47. The summed E-state index contributed by atoms with van der Waals surface area (Å²) in [5, 5.41) is 0.690. The van der Waals surface area contributed by atoms with Gasteiger partial charge in [-0.25, -0.2) is 17.5 Å². The molecule has 0 aromatic heterocycles. The molecule has 0 heterocycles. The molecule has 0 bridgehead atoms. The predicted molar refractivity (Wildman–Crippen MR) is 89.2 cm³/mol. The van der Waals surface area contributed by atoms with Gasteiger partial charge in [0.15, 0.2) is 0 Å². The van der Waals surface area contributed by atoms with Gasteiger partial charge >= 0.3 is 0 Å². The average molecular weight is 360 g/mol. The van der Waals surface area contributed by atoms with Crippen LogP contribution >= 0.6 is 23.4 Å². The maximum absolute atomic E-state index is 12.8. The largest absolute Gasteiger partial charge is 0.240 e. The third-order valence-electron chi connectivity index (χ3n) is 2.82. The lowest BCUT2D eigenvalue weighted by atomic mass is 10.2. The number of thioether (sulfide) groups is 1. The highest BCUT2D eigenvalue weighted by atomic mass is 35.5. The normalized spacial score (nSPS) is 11.5. The molecule has 0 aliphatic rings. The summed E-state index contributed by atoms with van der Waals surface area (Å²) in [7, 11) is -3.58. The molecule has 2 aromatic carbocycles. The quantitative estimate of drug-likeness (QED) is 0.767. The Kier molecular flexibility index (Phi) is 6.26. The van der Waals surface area contributed by atoms with Crippen molar-refractivity contribution in [3.05, 3.63) is 64.9 Å². The number of hydrogen-bond donors (Lipinski definition) is 1. The third kappa shape index (κ3) is 5.28. The second-order valence-corrected chi connectivity index (χ2v) is 7.84. The first-order chi connectivity index (χ1) is 10.5. The number of benzene rings is 2. The molecule has 2 aromatic rings. The zero-order chi connectivity index (χ0) is 16.0. The maximum atomic E-state index is 12.8. The van der Waals surface area contributed by atoms with Crippen LogP contribution < -0.4 is 4.72 Å². The van der Waals surface area contributed by atoms with Gasteiger partial charge in [-0.2, -0.15) is 11.8 Å². The third-order valence-corrected chi connectivity index (χ3v) is 5.56. The fraction of sp³-hybridized carbons (Fsp3) is 0.200. The lowest BCUT2D eigenvalue weighted by Gasteiger charge is -2.07. The SMILES string of the molecule is O=S(=O)(NCCSCc1cccc(Cl)c1)c1ccc(F)cc1. The van der Waals surface area contributed by atoms with Crippen molar-refractivity contribution < 1.29 is 12.8 Å². The Labute approximate surface area is 138 Å². The molecule has 1 N–H and O–H groups in total. The molecule has 0 saturated heterocycles. The lowest BCUT2D eigenvalue weighted by Crippen LogP contribution is -2.26. The minimum absolute atomic E-state index is 0.0636. The molecule has 7 heteroatoms. The van der Waals surface area contributed by atoms with E-state index in [0.29, 0.717) is 17.3 Å². The van der Waals surface area contributed by atoms with Gasteiger partial charge in [0.05, 0.1) is 4.90 Å². The van der Waals surface area contributed by atoms with Crippen LogP contribution in [0.25, 0.3) is 0 Å². The van der Waals surface area contributed by atoms with Crippen molar-refractivity contribution in [2.75, 3.05) is 12.3 Å². The van der Waals surface area contributed by atoms with Gasteiger partial charge in [0, 0.05) is 23.1 Å². The fourth-order valence-corrected chi connectivity index (χ4v) is 3.94. The standard InChI is InChI=1S/C15H15ClFNO2S2/c16-13-3-1-2-12(10-13)11-21-9-8-18-22(19,20)15-6-4-14(17)5-7-15/h1-7,10,18H,8-9,11H2. The Morgan fingerprint density at radius 1 is 1.14 bits per heavy atom. The van der Waals surface area contributed by atoms with Gasteiger partial charge in [-0.05, 0) is 42.0 Å². The van der Waals surface area contributed by atoms with Crippen LogP contribution in [-0.2, 0) is 15.8 Å². The molecule has 0 aliphatic heterocycles. The van der Waals surface area contributed by atoms with Gasteiger partial charge in [0.2, 0.25) is 10.0 Å². The molecule has 3 nitrogen and oxygen atoms in total. The molecule has 0 amide bonds. The summed E-state index contributed by atoms with van der Waals surface area (Å²) in [6, 6.07) is 12.3. The van der Waals surface area contributed by atoms with Crippen molar-refractivity contribution in [3.8, 4) is 0 Å². The van der Waals surface area contributed by atoms with Gasteiger partial charge < -0.3 is 0 Å². The summed E-state index contributed by atoms with van der Waals surface area (Å²) < 4.78 is 39.2. The monoisotopic (exact) mass is 359 g/mol. The number of hydrogen-bond acceptors (Lipinski definition) is 3. The van der Waals surface area contributed by atoms with E-state index in [1.807, 2.05) is 24.3 Å². The van der Waals surface area contributed by atoms with Crippen LogP contribution in [0.15, 0.2) is 53.4 Å². The van der Waals surface area contributed by atoms with E-state index >= 15 is 0 Å². The Morgan fingerprint density at radius 3 is 2.55 bits per heavy atom. The summed E-state index contributed by atoms with van der Waals surface area (Å²) in [6.45, 7) is 0.310. The molecule has 0 unspecified atom stereocenters. The van der Waals surface area contributed by atoms with Crippen LogP contribution in [0.3, 0.4) is 0 Å². The van der Waals surface area contributed by atoms with E-state index in [2.05, 4.69) is 4.72 Å². The molecular formula is C15H15ClFNO2S2. The number of nitrogens with one attached hydrogen (secondary N) is 1. The van der Waals surface area contributed by atoms with Crippen LogP contribution in [0.4, 0.5) is 4.39 Å². The van der Waals surface area contributed by atoms with Gasteiger partial charge in [0.1, 0.15) is 5.82 Å². The molecule has 0 radical (unpaired) electrons. The molecule has 0 fully saturated rings. The van der Waals surface area contributed by atoms with E-state index in [4.69, 9.17) is 11.6 Å². The van der Waals surface area contributed by atoms with Crippen molar-refractivity contribution in [3.63, 3.8) is 0 Å². The first-order valence-electron chi connectivity index (χ1n) is 6.55. The molecule has 118 valence electrons. The first-order valence-corrected chi connectivity index (χ1v) is 9.56. The van der Waals surface area contributed by atoms with Crippen molar-refractivity contribution >= 4 is 33.4 Å². The highest BCUT2D eigenvalue weighted by Gasteiger charge is 2.12. The van der Waals surface area contributed by atoms with Gasteiger partial charge in [0.25, 0.3) is 0 Å². The zero-order valence-corrected chi connectivity index (χ0v) is 14.0. The molecule has 22 heavy (non-hydrogen) atoms. The number of rotatable bonds is 7. The Morgan fingerprint density at radius 2 is 1.86 bits per heavy atom. The summed E-state index contributed by atoms with van der Waals surface area (Å²) in [6.07, 6.45) is 0. The van der Waals surface area contributed by atoms with Gasteiger partial charge in [-0.3, -0.25) is 0 Å². The van der Waals surface area contributed by atoms with E-state index in [1.54, 1.807) is 11.8 Å². The molecule has 0 aliphatic carbocycles. The van der Waals surface area contributed by atoms with Crippen molar-refractivity contribution in [2.24, 2.45) is 0 Å². The highest BCUT2D eigenvalue weighted by Crippen LogP contribution is 2.16. The van der Waals surface area contributed by atoms with Gasteiger partial charge in [-0.15, -0.1) is 0 Å². The van der Waals surface area contributed by atoms with Gasteiger partial charge in [-0.1, -0.05) is 23.7 Å². The summed E-state index contributed by atoms with van der Waals surface area (Å²) in [5.41, 5.74) is 1.10. The maximum Gasteiger partial charge on any atom is 0.240 e. The Bertz CT molecular complexity index is 721. The Hall–Kier alpha value is -1.08. The molecular weight excluding hydrogens is 345 g/mol. The second-order valence-electron chi connectivity index (χ2n) is 4.53. The minimum atomic E-state index is -3.58. The van der Waals surface area contributed by atoms with Crippen LogP contribution in [0.1, 0.15) is 5.56 Å². The predicted octanol–water partition coefficient (Wildman–Crippen LogP) is 3.69. The van der Waals surface area contributed by atoms with Crippen molar-refractivity contribution in [1.82, 2.24) is 4.72 Å². The van der Waals surface area contributed by atoms with E-state index in [1.165, 1.54) is 12.1 Å². The summed E-state index contributed by atoms with van der Waals surface area (Å²) in [4.78, 5) is 0.0636. The fourth-order valence-electron chi connectivity index (χ4n) is 1.76. The van der Waals surface area contributed by atoms with Crippen molar-refractivity contribution in [2.45, 2.75) is 10.6 Å². The second kappa shape index (κ2) is 7.97. The van der Waals surface area contributed by atoms with E-state index < -0.39 is 15.8 Å². The smallest absolute Gasteiger partial charge is 0.210 e. The van der Waals surface area contributed by atoms with Crippen LogP contribution in [0, 0.1) is 5.82 Å². The Balaban J connectivity index is 1.77. The number of sulfonamides is 1. The number of halogens is 2. The van der Waals surface area contributed by atoms with Crippen LogP contribution in [0.5, 0.6) is 0 Å². The van der Waals surface area contributed by atoms with Crippen LogP contribution in [-0.4, -0.2) is 20.7 Å². The summed E-state index contributed by atoms with van der Waals surface area (Å²) in [5.74, 6) is 0.933. The first kappa shape index (κ1) is 17.3. The molecule has 0 atom stereocenters. The van der Waals surface area contributed by atoms with Crippen molar-refractivity contribution in [1.29, 1.82) is 0 Å². The minimum Gasteiger partial charge on any atom is -0.210 e. The van der Waals surface area contributed by atoms with Crippen LogP contribution in [0.2, 0.25) is 5.02 Å². The molecule has 0 saturated carbocycles. The lowest BCUT2D eigenvalue weighted by molar-refractivity contribution is 0.583. The van der Waals surface area contributed by atoms with E-state index in [9.17, 15) is 12.8 Å². The topological polar surface area (TPSA) is 46.2 Å². The zero-order valence-electron chi connectivity index (χ0n) is 11.6. The summed E-state index contributed by atoms with van der Waals surface area (Å²) >= 11 is 7.50.